The monoisotopic (exact) mass is 715 g/mol. The Balaban J connectivity index is 1.07. The summed E-state index contributed by atoms with van der Waals surface area (Å²) in [5.74, 6) is 2.01. The zero-order valence-electron chi connectivity index (χ0n) is 29.9. The number of benzene rings is 2. The summed E-state index contributed by atoms with van der Waals surface area (Å²) in [6, 6.07) is 11.1. The van der Waals surface area contributed by atoms with Gasteiger partial charge < -0.3 is 23.7 Å². The van der Waals surface area contributed by atoms with E-state index in [1.807, 2.05) is 80.0 Å². The fourth-order valence-corrected chi connectivity index (χ4v) is 8.00. The van der Waals surface area contributed by atoms with Crippen molar-refractivity contribution in [3.8, 4) is 22.8 Å². The van der Waals surface area contributed by atoms with Gasteiger partial charge in [-0.1, -0.05) is 31.2 Å². The van der Waals surface area contributed by atoms with Gasteiger partial charge in [-0.2, -0.15) is 5.10 Å². The maximum atomic E-state index is 12.9. The van der Waals surface area contributed by atoms with E-state index >= 15 is 0 Å². The van der Waals surface area contributed by atoms with Gasteiger partial charge in [0.2, 0.25) is 0 Å². The van der Waals surface area contributed by atoms with Crippen LogP contribution in [0, 0.1) is 6.92 Å². The Morgan fingerprint density at radius 1 is 1.00 bits per heavy atom. The smallest absolute Gasteiger partial charge is 0.410 e. The third-order valence-electron chi connectivity index (χ3n) is 9.56. The Kier molecular flexibility index (Phi) is 9.15. The number of imidazole rings is 1. The number of aryl methyl sites for hydroxylation is 1. The molecule has 3 aromatic heterocycles. The van der Waals surface area contributed by atoms with E-state index in [0.29, 0.717) is 40.0 Å². The van der Waals surface area contributed by atoms with Crippen molar-refractivity contribution in [2.45, 2.75) is 110 Å². The van der Waals surface area contributed by atoms with E-state index in [4.69, 9.17) is 40.9 Å². The van der Waals surface area contributed by atoms with Crippen LogP contribution < -0.4 is 4.74 Å². The van der Waals surface area contributed by atoms with Crippen molar-refractivity contribution in [2.24, 2.45) is 0 Å². The average molecular weight is 716 g/mol. The Morgan fingerprint density at radius 3 is 2.46 bits per heavy atom. The number of aromatic nitrogens is 6. The molecule has 5 heterocycles. The normalized spacial score (nSPS) is 19.4. The van der Waals surface area contributed by atoms with Gasteiger partial charge in [0, 0.05) is 44.6 Å². The number of carbonyl (C=O) groups is 1. The molecule has 0 N–H and O–H groups in total. The molecule has 2 saturated heterocycles. The van der Waals surface area contributed by atoms with Crippen molar-refractivity contribution in [2.75, 3.05) is 6.61 Å². The molecule has 0 saturated carbocycles. The molecule has 2 atom stereocenters. The molecule has 11 nitrogen and oxygen atoms in total. The fraction of sp³-hybridized carbons (Fsp3) is 0.486. The largest absolute Gasteiger partial charge is 0.456 e. The van der Waals surface area contributed by atoms with Crippen LogP contribution in [-0.4, -0.2) is 72.7 Å². The van der Waals surface area contributed by atoms with E-state index in [9.17, 15) is 4.79 Å². The van der Waals surface area contributed by atoms with Crippen molar-refractivity contribution in [1.29, 1.82) is 0 Å². The molecule has 2 fully saturated rings. The fourth-order valence-electron chi connectivity index (χ4n) is 7.00. The van der Waals surface area contributed by atoms with Crippen LogP contribution in [0.15, 0.2) is 48.9 Å². The minimum Gasteiger partial charge on any atom is -0.456 e. The molecular weight excluding hydrogens is 670 g/mol. The lowest BCUT2D eigenvalue weighted by molar-refractivity contribution is 0.00231. The predicted octanol–water partition coefficient (Wildman–Crippen LogP) is 9.01. The zero-order chi connectivity index (χ0) is 35.4. The molecule has 0 aliphatic carbocycles. The maximum absolute atomic E-state index is 12.9. The van der Waals surface area contributed by atoms with E-state index in [0.717, 1.165) is 60.8 Å². The van der Waals surface area contributed by atoms with Crippen molar-refractivity contribution >= 4 is 47.8 Å². The number of amides is 1. The summed E-state index contributed by atoms with van der Waals surface area (Å²) in [5.41, 5.74) is 4.05. The van der Waals surface area contributed by atoms with Gasteiger partial charge in [-0.3, -0.25) is 9.67 Å². The van der Waals surface area contributed by atoms with Crippen molar-refractivity contribution < 1.29 is 19.0 Å². The van der Waals surface area contributed by atoms with Crippen LogP contribution in [0.2, 0.25) is 30.7 Å². The summed E-state index contributed by atoms with van der Waals surface area (Å²) >= 11 is 6.95. The van der Waals surface area contributed by atoms with Crippen LogP contribution in [0.5, 0.6) is 11.5 Å². The van der Waals surface area contributed by atoms with Crippen molar-refractivity contribution in [1.82, 2.24) is 34.2 Å². The van der Waals surface area contributed by atoms with Crippen LogP contribution >= 0.6 is 11.6 Å². The summed E-state index contributed by atoms with van der Waals surface area (Å²) in [6.07, 6.45) is 9.02. The Morgan fingerprint density at radius 2 is 1.74 bits per heavy atom. The van der Waals surface area contributed by atoms with E-state index < -0.39 is 13.7 Å². The van der Waals surface area contributed by atoms with Crippen LogP contribution in [0.25, 0.3) is 33.3 Å². The van der Waals surface area contributed by atoms with E-state index in [-0.39, 0.29) is 24.2 Å². The number of nitrogens with zero attached hydrogens (tertiary/aromatic N) is 7. The van der Waals surface area contributed by atoms with Crippen LogP contribution in [0.4, 0.5) is 4.79 Å². The minimum atomic E-state index is -1.18. The highest BCUT2D eigenvalue weighted by Crippen LogP contribution is 2.42. The number of hydrogen-bond acceptors (Lipinski definition) is 8. The molecule has 2 unspecified atom stereocenters. The van der Waals surface area contributed by atoms with Gasteiger partial charge in [-0.25, -0.2) is 14.8 Å². The van der Waals surface area contributed by atoms with Gasteiger partial charge in [-0.15, -0.1) is 0 Å². The summed E-state index contributed by atoms with van der Waals surface area (Å²) < 4.78 is 22.2. The molecule has 2 aliphatic heterocycles. The molecule has 5 aromatic rings. The summed E-state index contributed by atoms with van der Waals surface area (Å²) in [7, 11) is -1.18. The third-order valence-corrected chi connectivity index (χ3v) is 11.6. The number of piperidine rings is 1. The van der Waals surface area contributed by atoms with Gasteiger partial charge in [0.15, 0.2) is 0 Å². The first kappa shape index (κ1) is 34.4. The van der Waals surface area contributed by atoms with E-state index in [1.165, 1.54) is 0 Å². The highest BCUT2D eigenvalue weighted by molar-refractivity contribution is 6.76. The van der Waals surface area contributed by atoms with Crippen molar-refractivity contribution in [3.63, 3.8) is 0 Å². The summed E-state index contributed by atoms with van der Waals surface area (Å²) in [5, 5.41) is 5.11. The summed E-state index contributed by atoms with van der Waals surface area (Å²) in [4.78, 5) is 29.2. The molecule has 264 valence electrons. The second-order valence-corrected chi connectivity index (χ2v) is 21.8. The molecular formula is C37H46ClN7O4Si. The molecule has 0 spiro atoms. The lowest BCUT2D eigenvalue weighted by atomic mass is 9.98. The second kappa shape index (κ2) is 13.3. The number of hydrogen-bond donors (Lipinski definition) is 0. The first-order valence-corrected chi connectivity index (χ1v) is 21.5. The molecule has 2 bridgehead atoms. The standard InChI is InChI=1S/C37H46ClN7O4Si/c1-23-41-29-11-10-28(18-32(29)43(23)22-47-14-15-50(5,6)7)48-33-13-12-30-35(34(33)38)42-31(20-39-30)24-19-40-44(21-24)27-16-25-8-9-26(17-27)45(25)36(46)49-37(2,3)4/h10-13,18-21,25-27H,8-9,14-17,22H2,1-7H3. The van der Waals surface area contributed by atoms with E-state index in [1.54, 1.807) is 6.20 Å². The topological polar surface area (TPSA) is 109 Å². The minimum absolute atomic E-state index is 0.150. The van der Waals surface area contributed by atoms with Crippen LogP contribution in [0.1, 0.15) is 58.3 Å². The maximum Gasteiger partial charge on any atom is 0.410 e. The van der Waals surface area contributed by atoms with Gasteiger partial charge >= 0.3 is 6.09 Å². The molecule has 13 heteroatoms. The molecule has 0 radical (unpaired) electrons. The van der Waals surface area contributed by atoms with Crippen LogP contribution in [-0.2, 0) is 16.2 Å². The first-order chi connectivity index (χ1) is 23.7. The lowest BCUT2D eigenvalue weighted by Gasteiger charge is -2.39. The number of rotatable bonds is 9. The predicted molar refractivity (Wildman–Crippen MR) is 198 cm³/mol. The summed E-state index contributed by atoms with van der Waals surface area (Å²) in [6.45, 7) is 15.9. The van der Waals surface area contributed by atoms with Crippen molar-refractivity contribution in [3.05, 3.63) is 59.8 Å². The molecule has 7 rings (SSSR count). The first-order valence-electron chi connectivity index (χ1n) is 17.5. The molecule has 50 heavy (non-hydrogen) atoms. The quantitative estimate of drug-likeness (QED) is 0.110. The number of carbonyl (C=O) groups excluding carboxylic acids is 1. The molecule has 2 aromatic carbocycles. The van der Waals surface area contributed by atoms with Gasteiger partial charge in [0.25, 0.3) is 0 Å². The Hall–Kier alpha value is -4.00. The van der Waals surface area contributed by atoms with Gasteiger partial charge in [-0.05, 0) is 83.7 Å². The lowest BCUT2D eigenvalue weighted by Crippen LogP contribution is -2.48. The highest BCUT2D eigenvalue weighted by atomic mass is 35.5. The number of halogens is 1. The van der Waals surface area contributed by atoms with Gasteiger partial charge in [0.1, 0.15) is 40.2 Å². The van der Waals surface area contributed by atoms with E-state index in [2.05, 4.69) is 29.2 Å². The highest BCUT2D eigenvalue weighted by Gasteiger charge is 2.45. The van der Waals surface area contributed by atoms with Gasteiger partial charge in [0.05, 0.1) is 40.7 Å². The zero-order valence-corrected chi connectivity index (χ0v) is 31.7. The Labute approximate surface area is 298 Å². The molecule has 1 amide bonds. The second-order valence-electron chi connectivity index (χ2n) is 15.8. The molecule has 2 aliphatic rings. The Bertz CT molecular complexity index is 2040. The van der Waals surface area contributed by atoms with Crippen LogP contribution in [0.3, 0.4) is 0 Å². The number of ether oxygens (including phenoxy) is 3. The SMILES string of the molecule is Cc1nc2ccc(Oc3ccc4ncc(-c5cnn(C6CC7CCC(C6)N7C(=O)OC(C)(C)C)c5)nc4c3Cl)cc2n1COCC[Si](C)(C)C. The third kappa shape index (κ3) is 7.24. The number of fused-ring (bicyclic) bond motifs is 4. The average Bonchev–Trinajstić information content (AvgIpc) is 3.73.